The molecule has 0 saturated heterocycles. The Bertz CT molecular complexity index is 262. The molecule has 1 heterocycles. The van der Waals surface area contributed by atoms with Gasteiger partial charge in [-0.05, 0) is 12.8 Å². The lowest BCUT2D eigenvalue weighted by Crippen LogP contribution is -1.98. The maximum absolute atomic E-state index is 4.13. The molecule has 14 heavy (non-hydrogen) atoms. The molecule has 0 aliphatic rings. The topological polar surface area (TPSA) is 37.8 Å². The Morgan fingerprint density at radius 2 is 2.21 bits per heavy atom. The van der Waals surface area contributed by atoms with E-state index in [0.717, 1.165) is 22.4 Å². The van der Waals surface area contributed by atoms with Gasteiger partial charge in [0.1, 0.15) is 0 Å². The Morgan fingerprint density at radius 3 is 2.86 bits per heavy atom. The van der Waals surface area contributed by atoms with Gasteiger partial charge in [0.2, 0.25) is 5.13 Å². The number of nitrogens with one attached hydrogen (secondary N) is 1. The Labute approximate surface area is 93.7 Å². The first-order valence-corrected chi connectivity index (χ1v) is 6.69. The van der Waals surface area contributed by atoms with Crippen LogP contribution in [0.15, 0.2) is 4.34 Å². The van der Waals surface area contributed by atoms with E-state index in [1.807, 2.05) is 0 Å². The number of hydrogen-bond acceptors (Lipinski definition) is 5. The third-order valence-electron chi connectivity index (χ3n) is 1.81. The van der Waals surface area contributed by atoms with Gasteiger partial charge in [-0.15, -0.1) is 10.2 Å². The normalized spacial score (nSPS) is 12.8. The van der Waals surface area contributed by atoms with Crippen molar-refractivity contribution in [2.75, 3.05) is 11.9 Å². The molecule has 0 spiro atoms. The molecule has 3 nitrogen and oxygen atoms in total. The van der Waals surface area contributed by atoms with E-state index in [9.17, 15) is 0 Å². The van der Waals surface area contributed by atoms with Gasteiger partial charge in [-0.3, -0.25) is 0 Å². The molecule has 0 aromatic carbocycles. The largest absolute Gasteiger partial charge is 0.360 e. The summed E-state index contributed by atoms with van der Waals surface area (Å²) in [6, 6.07) is 0. The number of hydrogen-bond donors (Lipinski definition) is 1. The average Bonchev–Trinajstić information content (AvgIpc) is 2.62. The van der Waals surface area contributed by atoms with Crippen molar-refractivity contribution in [3.63, 3.8) is 0 Å². The van der Waals surface area contributed by atoms with E-state index in [0.29, 0.717) is 5.25 Å². The lowest BCUT2D eigenvalue weighted by atomic mass is 10.4. The second kappa shape index (κ2) is 6.24. The molecule has 5 heteroatoms. The Hall–Kier alpha value is -0.290. The molecule has 80 valence electrons. The maximum Gasteiger partial charge on any atom is 0.206 e. The third-order valence-corrected chi connectivity index (χ3v) is 4.04. The van der Waals surface area contributed by atoms with E-state index < -0.39 is 0 Å². The molecule has 1 aromatic heterocycles. The van der Waals surface area contributed by atoms with E-state index in [1.165, 1.54) is 6.42 Å². The smallest absolute Gasteiger partial charge is 0.206 e. The fourth-order valence-electron chi connectivity index (χ4n) is 0.816. The van der Waals surface area contributed by atoms with Gasteiger partial charge in [-0.25, -0.2) is 0 Å². The van der Waals surface area contributed by atoms with Gasteiger partial charge in [0, 0.05) is 11.8 Å². The van der Waals surface area contributed by atoms with Crippen LogP contribution >= 0.6 is 23.1 Å². The van der Waals surface area contributed by atoms with Crippen LogP contribution in [-0.2, 0) is 0 Å². The molecular formula is C9H17N3S2. The van der Waals surface area contributed by atoms with Crippen molar-refractivity contribution < 1.29 is 0 Å². The molecule has 1 N–H and O–H groups in total. The van der Waals surface area contributed by atoms with Gasteiger partial charge in [0.15, 0.2) is 4.34 Å². The second-order valence-corrected chi connectivity index (χ2v) is 5.80. The number of anilines is 1. The number of nitrogens with zero attached hydrogens (tertiary/aromatic N) is 2. The highest BCUT2D eigenvalue weighted by atomic mass is 32.2. The summed E-state index contributed by atoms with van der Waals surface area (Å²) in [4.78, 5) is 0. The van der Waals surface area contributed by atoms with Crippen molar-refractivity contribution in [3.8, 4) is 0 Å². The Kier molecular flexibility index (Phi) is 5.25. The minimum absolute atomic E-state index is 0.627. The minimum Gasteiger partial charge on any atom is -0.360 e. The van der Waals surface area contributed by atoms with Gasteiger partial charge < -0.3 is 5.32 Å². The number of aromatic nitrogens is 2. The van der Waals surface area contributed by atoms with E-state index in [1.54, 1.807) is 23.1 Å². The van der Waals surface area contributed by atoms with Crippen LogP contribution < -0.4 is 5.32 Å². The fraction of sp³-hybridized carbons (Fsp3) is 0.778. The molecule has 0 aliphatic heterocycles. The van der Waals surface area contributed by atoms with Crippen LogP contribution in [0.2, 0.25) is 0 Å². The predicted molar refractivity (Wildman–Crippen MR) is 64.3 cm³/mol. The highest BCUT2D eigenvalue weighted by Crippen LogP contribution is 2.29. The molecule has 0 unspecified atom stereocenters. The summed E-state index contributed by atoms with van der Waals surface area (Å²) in [5.41, 5.74) is 0. The fourth-order valence-corrected chi connectivity index (χ4v) is 2.84. The van der Waals surface area contributed by atoms with Gasteiger partial charge in [0.25, 0.3) is 0 Å². The molecule has 1 atom stereocenters. The van der Waals surface area contributed by atoms with Crippen LogP contribution in [0.1, 0.15) is 33.6 Å². The van der Waals surface area contributed by atoms with Crippen LogP contribution in [0.5, 0.6) is 0 Å². The molecule has 0 bridgehead atoms. The first-order chi connectivity index (χ1) is 6.76. The summed E-state index contributed by atoms with van der Waals surface area (Å²) in [6.07, 6.45) is 2.29. The third kappa shape index (κ3) is 3.84. The van der Waals surface area contributed by atoms with Gasteiger partial charge in [0.05, 0.1) is 0 Å². The Morgan fingerprint density at radius 1 is 1.43 bits per heavy atom. The zero-order valence-electron chi connectivity index (χ0n) is 8.91. The van der Waals surface area contributed by atoms with Crippen molar-refractivity contribution in [1.29, 1.82) is 0 Å². The van der Waals surface area contributed by atoms with Crippen molar-refractivity contribution in [3.05, 3.63) is 0 Å². The first kappa shape index (κ1) is 11.8. The van der Waals surface area contributed by atoms with Gasteiger partial charge in [-0.1, -0.05) is 43.9 Å². The highest BCUT2D eigenvalue weighted by molar-refractivity contribution is 8.01. The van der Waals surface area contributed by atoms with E-state index in [-0.39, 0.29) is 0 Å². The number of rotatable bonds is 6. The molecule has 0 amide bonds. The molecule has 0 aliphatic carbocycles. The second-order valence-electron chi connectivity index (χ2n) is 3.14. The monoisotopic (exact) mass is 231 g/mol. The van der Waals surface area contributed by atoms with Crippen molar-refractivity contribution in [2.24, 2.45) is 0 Å². The number of thioether (sulfide) groups is 1. The summed E-state index contributed by atoms with van der Waals surface area (Å²) < 4.78 is 1.07. The zero-order valence-corrected chi connectivity index (χ0v) is 10.5. The van der Waals surface area contributed by atoms with Crippen LogP contribution in [0.4, 0.5) is 5.13 Å². The van der Waals surface area contributed by atoms with E-state index >= 15 is 0 Å². The Balaban J connectivity index is 2.42. The summed E-state index contributed by atoms with van der Waals surface area (Å²) >= 11 is 3.45. The molecule has 0 radical (unpaired) electrons. The summed E-state index contributed by atoms with van der Waals surface area (Å²) in [6.45, 7) is 7.52. The van der Waals surface area contributed by atoms with Crippen molar-refractivity contribution in [2.45, 2.75) is 43.2 Å². The van der Waals surface area contributed by atoms with Crippen LogP contribution in [0.25, 0.3) is 0 Å². The van der Waals surface area contributed by atoms with Crippen LogP contribution in [-0.4, -0.2) is 22.0 Å². The quantitative estimate of drug-likeness (QED) is 0.763. The molecule has 1 rings (SSSR count). The molecule has 1 aromatic rings. The molecule has 0 fully saturated rings. The molecular weight excluding hydrogens is 214 g/mol. The average molecular weight is 231 g/mol. The lowest BCUT2D eigenvalue weighted by Gasteiger charge is -2.02. The standard InChI is InChI=1S/C9H17N3S2/c1-4-6-10-8-11-12-9(14-8)13-7(3)5-2/h7H,4-6H2,1-3H3,(H,10,11)/t7-/m1/s1. The van der Waals surface area contributed by atoms with Crippen molar-refractivity contribution in [1.82, 2.24) is 10.2 Å². The van der Waals surface area contributed by atoms with Crippen LogP contribution in [0.3, 0.4) is 0 Å². The van der Waals surface area contributed by atoms with E-state index in [4.69, 9.17) is 0 Å². The van der Waals surface area contributed by atoms with Gasteiger partial charge >= 0.3 is 0 Å². The summed E-state index contributed by atoms with van der Waals surface area (Å²) in [7, 11) is 0. The van der Waals surface area contributed by atoms with E-state index in [2.05, 4.69) is 36.3 Å². The SMILES string of the molecule is CCCNc1nnc(S[C@H](C)CC)s1. The van der Waals surface area contributed by atoms with Gasteiger partial charge in [-0.2, -0.15) is 0 Å². The molecule has 0 saturated carbocycles. The van der Waals surface area contributed by atoms with Crippen molar-refractivity contribution >= 4 is 28.2 Å². The highest BCUT2D eigenvalue weighted by Gasteiger charge is 2.07. The maximum atomic E-state index is 4.13. The summed E-state index contributed by atoms with van der Waals surface area (Å²) in [5, 5.41) is 13.0. The summed E-state index contributed by atoms with van der Waals surface area (Å²) in [5.74, 6) is 0. The first-order valence-electron chi connectivity index (χ1n) is 5.00. The predicted octanol–water partition coefficient (Wildman–Crippen LogP) is 3.25. The van der Waals surface area contributed by atoms with Crippen LogP contribution in [0, 0.1) is 0 Å². The minimum atomic E-state index is 0.627. The zero-order chi connectivity index (χ0) is 10.4. The lowest BCUT2D eigenvalue weighted by molar-refractivity contribution is 0.898.